The van der Waals surface area contributed by atoms with E-state index in [1.807, 2.05) is 26.0 Å². The smallest absolute Gasteiger partial charge is 0.291 e. The zero-order chi connectivity index (χ0) is 23.7. The summed E-state index contributed by atoms with van der Waals surface area (Å²) in [5.41, 5.74) is 4.15. The molecule has 5 rings (SSSR count). The quantitative estimate of drug-likeness (QED) is 0.345. The predicted molar refractivity (Wildman–Crippen MR) is 131 cm³/mol. The van der Waals surface area contributed by atoms with Crippen LogP contribution in [0.4, 0.5) is 15.3 Å². The van der Waals surface area contributed by atoms with Crippen molar-refractivity contribution in [3.63, 3.8) is 0 Å². The zero-order valence-electron chi connectivity index (χ0n) is 19.0. The third-order valence-electron chi connectivity index (χ3n) is 5.94. The molecule has 0 saturated heterocycles. The van der Waals surface area contributed by atoms with Gasteiger partial charge in [0, 0.05) is 27.4 Å². The number of nitrogens with zero attached hydrogens (tertiary/aromatic N) is 2. The van der Waals surface area contributed by atoms with E-state index in [0.29, 0.717) is 16.5 Å². The molecule has 4 aromatic rings. The second-order valence-electron chi connectivity index (χ2n) is 8.46. The van der Waals surface area contributed by atoms with Crippen LogP contribution in [0.25, 0.3) is 0 Å². The molecule has 1 atom stereocenters. The molecule has 1 aliphatic rings. The fourth-order valence-corrected chi connectivity index (χ4v) is 5.82. The van der Waals surface area contributed by atoms with Crippen LogP contribution in [0.3, 0.4) is 0 Å². The van der Waals surface area contributed by atoms with Crippen molar-refractivity contribution < 1.29 is 13.6 Å². The summed E-state index contributed by atoms with van der Waals surface area (Å²) in [6, 6.07) is 11.3. The molecule has 3 aromatic heterocycles. The number of aromatic nitrogens is 2. The van der Waals surface area contributed by atoms with E-state index in [4.69, 9.17) is 4.42 Å². The second kappa shape index (κ2) is 9.38. The molecule has 34 heavy (non-hydrogen) atoms. The number of rotatable bonds is 6. The Kier molecular flexibility index (Phi) is 6.15. The van der Waals surface area contributed by atoms with Crippen LogP contribution in [0.5, 0.6) is 0 Å². The molecule has 0 spiro atoms. The Hall–Kier alpha value is -3.52. The van der Waals surface area contributed by atoms with E-state index in [9.17, 15) is 4.79 Å². The third kappa shape index (κ3) is 4.46. The van der Waals surface area contributed by atoms with Gasteiger partial charge in [-0.25, -0.2) is 14.4 Å². The van der Waals surface area contributed by atoms with Crippen LogP contribution in [0.15, 0.2) is 53.1 Å². The van der Waals surface area contributed by atoms with Gasteiger partial charge in [-0.15, -0.1) is 11.3 Å². The molecule has 0 radical (unpaired) electrons. The number of aryl methyl sites for hydroxylation is 3. The predicted octanol–water partition coefficient (Wildman–Crippen LogP) is 6.22. The summed E-state index contributed by atoms with van der Waals surface area (Å²) in [6.45, 7) is 3.80. The first-order valence-corrected chi connectivity index (χ1v) is 12.1. The van der Waals surface area contributed by atoms with Gasteiger partial charge in [0.05, 0.1) is 12.3 Å². The van der Waals surface area contributed by atoms with Gasteiger partial charge in [0.25, 0.3) is 5.91 Å². The number of fused-ring (bicyclic) bond motifs is 1. The van der Waals surface area contributed by atoms with E-state index in [2.05, 4.69) is 20.6 Å². The first kappa shape index (κ1) is 22.3. The number of amides is 1. The SMILES string of the molecule is Cc1cc(C)nc(NC(c2ccccc2F)c2c(NC(=O)c3ccco3)sc3c2CCCC3)n1. The Bertz CT molecular complexity index is 1310. The van der Waals surface area contributed by atoms with Gasteiger partial charge in [0.2, 0.25) is 5.95 Å². The van der Waals surface area contributed by atoms with E-state index >= 15 is 4.39 Å². The Morgan fingerprint density at radius 1 is 1.09 bits per heavy atom. The summed E-state index contributed by atoms with van der Waals surface area (Å²) >= 11 is 1.56. The maximum atomic E-state index is 15.2. The number of hydrogen-bond acceptors (Lipinski definition) is 6. The average molecular weight is 477 g/mol. The summed E-state index contributed by atoms with van der Waals surface area (Å²) in [5.74, 6) is -0.0154. The molecule has 1 unspecified atom stereocenters. The Morgan fingerprint density at radius 2 is 1.85 bits per heavy atom. The lowest BCUT2D eigenvalue weighted by molar-refractivity contribution is 0.0997. The summed E-state index contributed by atoms with van der Waals surface area (Å²) in [7, 11) is 0. The minimum atomic E-state index is -0.576. The topological polar surface area (TPSA) is 80.0 Å². The zero-order valence-corrected chi connectivity index (χ0v) is 19.8. The number of furan rings is 1. The lowest BCUT2D eigenvalue weighted by atomic mass is 9.89. The molecule has 1 aromatic carbocycles. The van der Waals surface area contributed by atoms with Crippen LogP contribution in [-0.4, -0.2) is 15.9 Å². The van der Waals surface area contributed by atoms with E-state index in [1.54, 1.807) is 35.6 Å². The largest absolute Gasteiger partial charge is 0.459 e. The number of hydrogen-bond donors (Lipinski definition) is 2. The Labute approximate surface area is 201 Å². The molecular weight excluding hydrogens is 451 g/mol. The van der Waals surface area contributed by atoms with Gasteiger partial charge in [-0.05, 0) is 69.4 Å². The van der Waals surface area contributed by atoms with Gasteiger partial charge < -0.3 is 15.1 Å². The van der Waals surface area contributed by atoms with E-state index in [0.717, 1.165) is 48.2 Å². The minimum Gasteiger partial charge on any atom is -0.459 e. The highest BCUT2D eigenvalue weighted by molar-refractivity contribution is 7.16. The Balaban J connectivity index is 1.64. The number of halogens is 1. The number of anilines is 2. The van der Waals surface area contributed by atoms with Crippen molar-refractivity contribution in [1.29, 1.82) is 0 Å². The molecule has 0 bridgehead atoms. The van der Waals surface area contributed by atoms with Crippen LogP contribution in [0, 0.1) is 19.7 Å². The Morgan fingerprint density at radius 3 is 2.59 bits per heavy atom. The van der Waals surface area contributed by atoms with Crippen LogP contribution < -0.4 is 10.6 Å². The van der Waals surface area contributed by atoms with Crippen LogP contribution in [-0.2, 0) is 12.8 Å². The van der Waals surface area contributed by atoms with Crippen LogP contribution >= 0.6 is 11.3 Å². The van der Waals surface area contributed by atoms with Gasteiger partial charge in [0.15, 0.2) is 5.76 Å². The number of carbonyl (C=O) groups is 1. The molecule has 0 aliphatic heterocycles. The molecule has 0 saturated carbocycles. The molecule has 8 heteroatoms. The van der Waals surface area contributed by atoms with Gasteiger partial charge >= 0.3 is 0 Å². The standard InChI is InChI=1S/C26H25FN4O2S/c1-15-14-16(2)29-26(28-15)30-23(17-8-3-5-10-19(17)27)22-18-9-4-6-12-21(18)34-25(22)31-24(32)20-11-7-13-33-20/h3,5,7-8,10-11,13-14,23H,4,6,9,12H2,1-2H3,(H,31,32)(H,28,29,30). The molecule has 2 N–H and O–H groups in total. The maximum absolute atomic E-state index is 15.2. The summed E-state index contributed by atoms with van der Waals surface area (Å²) < 4.78 is 20.5. The molecule has 1 amide bonds. The number of nitrogens with one attached hydrogen (secondary N) is 2. The molecule has 174 valence electrons. The van der Waals surface area contributed by atoms with E-state index < -0.39 is 6.04 Å². The summed E-state index contributed by atoms with van der Waals surface area (Å²) in [5, 5.41) is 7.11. The fourth-order valence-electron chi connectivity index (χ4n) is 4.50. The minimum absolute atomic E-state index is 0.227. The summed E-state index contributed by atoms with van der Waals surface area (Å²) in [6.07, 6.45) is 5.42. The van der Waals surface area contributed by atoms with Gasteiger partial charge in [-0.1, -0.05) is 18.2 Å². The molecule has 6 nitrogen and oxygen atoms in total. The monoisotopic (exact) mass is 476 g/mol. The van der Waals surface area contributed by atoms with Crippen molar-refractivity contribution in [2.24, 2.45) is 0 Å². The highest BCUT2D eigenvalue weighted by Crippen LogP contribution is 2.44. The maximum Gasteiger partial charge on any atom is 0.291 e. The first-order valence-electron chi connectivity index (χ1n) is 11.3. The van der Waals surface area contributed by atoms with Gasteiger partial charge in [0.1, 0.15) is 10.8 Å². The van der Waals surface area contributed by atoms with E-state index in [-0.39, 0.29) is 17.5 Å². The highest BCUT2D eigenvalue weighted by atomic mass is 32.1. The van der Waals surface area contributed by atoms with Crippen molar-refractivity contribution >= 4 is 28.2 Å². The molecule has 0 fully saturated rings. The fraction of sp³-hybridized carbons (Fsp3) is 0.269. The summed E-state index contributed by atoms with van der Waals surface area (Å²) in [4.78, 5) is 23.2. The number of thiophene rings is 1. The normalized spacial score (nSPS) is 13.9. The first-order chi connectivity index (χ1) is 16.5. The second-order valence-corrected chi connectivity index (χ2v) is 9.56. The third-order valence-corrected chi connectivity index (χ3v) is 7.17. The number of carbonyl (C=O) groups excluding carboxylic acids is 1. The van der Waals surface area contributed by atoms with Gasteiger partial charge in [-0.2, -0.15) is 0 Å². The lowest BCUT2D eigenvalue weighted by Gasteiger charge is -2.24. The number of benzene rings is 1. The molecular formula is C26H25FN4O2S. The van der Waals surface area contributed by atoms with Crippen molar-refractivity contribution in [3.8, 4) is 0 Å². The van der Waals surface area contributed by atoms with Crippen molar-refractivity contribution in [2.75, 3.05) is 10.6 Å². The van der Waals surface area contributed by atoms with Crippen LogP contribution in [0.1, 0.15) is 62.4 Å². The van der Waals surface area contributed by atoms with Crippen LogP contribution in [0.2, 0.25) is 0 Å². The van der Waals surface area contributed by atoms with Gasteiger partial charge in [-0.3, -0.25) is 4.79 Å². The lowest BCUT2D eigenvalue weighted by Crippen LogP contribution is -2.20. The molecule has 3 heterocycles. The van der Waals surface area contributed by atoms with E-state index in [1.165, 1.54) is 17.2 Å². The average Bonchev–Trinajstić information content (AvgIpc) is 3.46. The molecule has 1 aliphatic carbocycles. The van der Waals surface area contributed by atoms with Crippen molar-refractivity contribution in [2.45, 2.75) is 45.6 Å². The van der Waals surface area contributed by atoms with Crippen molar-refractivity contribution in [1.82, 2.24) is 9.97 Å². The van der Waals surface area contributed by atoms with Crippen molar-refractivity contribution in [3.05, 3.63) is 93.3 Å². The highest BCUT2D eigenvalue weighted by Gasteiger charge is 2.31.